The zero-order chi connectivity index (χ0) is 17.9. The van der Waals surface area contributed by atoms with Crippen molar-refractivity contribution in [3.05, 3.63) is 35.4 Å². The largest absolute Gasteiger partial charge is 0.465 e. The van der Waals surface area contributed by atoms with E-state index in [0.717, 1.165) is 37.1 Å². The van der Waals surface area contributed by atoms with Gasteiger partial charge in [0.15, 0.2) is 0 Å². The summed E-state index contributed by atoms with van der Waals surface area (Å²) in [6.45, 7) is 4.73. The number of hydrogen-bond acceptors (Lipinski definition) is 3. The van der Waals surface area contributed by atoms with E-state index in [-0.39, 0.29) is 23.8 Å². The van der Waals surface area contributed by atoms with Crippen molar-refractivity contribution in [2.45, 2.75) is 38.9 Å². The second-order valence-corrected chi connectivity index (χ2v) is 6.73. The maximum atomic E-state index is 12.7. The SMILES string of the molecule is CC(C)C(=O)OC[C@@H]1CCCN(C)[C@H]1c1ccc(C(F)(F)F)cc1. The van der Waals surface area contributed by atoms with Crippen LogP contribution in [0, 0.1) is 11.8 Å². The van der Waals surface area contributed by atoms with Crippen molar-refractivity contribution in [3.63, 3.8) is 0 Å². The minimum absolute atomic E-state index is 0.0407. The van der Waals surface area contributed by atoms with E-state index in [1.807, 2.05) is 7.05 Å². The minimum atomic E-state index is -4.33. The smallest absolute Gasteiger partial charge is 0.416 e. The number of ether oxygens (including phenoxy) is 1. The number of hydrogen-bond donors (Lipinski definition) is 0. The number of esters is 1. The minimum Gasteiger partial charge on any atom is -0.465 e. The third kappa shape index (κ3) is 4.50. The van der Waals surface area contributed by atoms with Crippen LogP contribution in [0.5, 0.6) is 0 Å². The van der Waals surface area contributed by atoms with E-state index < -0.39 is 11.7 Å². The molecule has 1 heterocycles. The van der Waals surface area contributed by atoms with Crippen LogP contribution in [0.4, 0.5) is 13.2 Å². The van der Waals surface area contributed by atoms with Crippen LogP contribution in [0.3, 0.4) is 0 Å². The van der Waals surface area contributed by atoms with E-state index in [4.69, 9.17) is 4.74 Å². The van der Waals surface area contributed by atoms with E-state index in [2.05, 4.69) is 4.90 Å². The normalized spacial score (nSPS) is 22.6. The van der Waals surface area contributed by atoms with E-state index >= 15 is 0 Å². The predicted octanol–water partition coefficient (Wildman–Crippen LogP) is 4.29. The Hall–Kier alpha value is -1.56. The summed E-state index contributed by atoms with van der Waals surface area (Å²) in [7, 11) is 1.96. The second-order valence-electron chi connectivity index (χ2n) is 6.73. The highest BCUT2D eigenvalue weighted by molar-refractivity contribution is 5.71. The lowest BCUT2D eigenvalue weighted by atomic mass is 9.85. The summed E-state index contributed by atoms with van der Waals surface area (Å²) in [6, 6.07) is 5.27. The Morgan fingerprint density at radius 3 is 2.46 bits per heavy atom. The van der Waals surface area contributed by atoms with E-state index in [1.165, 1.54) is 12.1 Å². The zero-order valence-electron chi connectivity index (χ0n) is 14.3. The molecule has 1 fully saturated rings. The van der Waals surface area contributed by atoms with Crippen molar-refractivity contribution in [2.24, 2.45) is 11.8 Å². The summed E-state index contributed by atoms with van der Waals surface area (Å²) in [5, 5.41) is 0. The summed E-state index contributed by atoms with van der Waals surface area (Å²) < 4.78 is 43.6. The molecular formula is C18H24F3NO2. The molecule has 1 saturated heterocycles. The fourth-order valence-corrected chi connectivity index (χ4v) is 3.19. The van der Waals surface area contributed by atoms with Gasteiger partial charge in [0.1, 0.15) is 0 Å². The van der Waals surface area contributed by atoms with Gasteiger partial charge in [0, 0.05) is 12.0 Å². The summed E-state index contributed by atoms with van der Waals surface area (Å²) in [5.41, 5.74) is 0.184. The van der Waals surface area contributed by atoms with Gasteiger partial charge in [-0.2, -0.15) is 13.2 Å². The van der Waals surface area contributed by atoms with E-state index in [0.29, 0.717) is 6.61 Å². The van der Waals surface area contributed by atoms with Crippen LogP contribution in [0.2, 0.25) is 0 Å². The van der Waals surface area contributed by atoms with Crippen LogP contribution in [0.25, 0.3) is 0 Å². The topological polar surface area (TPSA) is 29.5 Å². The monoisotopic (exact) mass is 343 g/mol. The van der Waals surface area contributed by atoms with Gasteiger partial charge in [0.25, 0.3) is 0 Å². The van der Waals surface area contributed by atoms with Gasteiger partial charge in [-0.3, -0.25) is 9.69 Å². The molecule has 134 valence electrons. The van der Waals surface area contributed by atoms with Crippen LogP contribution < -0.4 is 0 Å². The Labute approximate surface area is 140 Å². The Balaban J connectivity index is 2.15. The molecule has 0 unspecified atom stereocenters. The quantitative estimate of drug-likeness (QED) is 0.764. The lowest BCUT2D eigenvalue weighted by Crippen LogP contribution is -2.38. The third-order valence-corrected chi connectivity index (χ3v) is 4.50. The molecule has 2 rings (SSSR count). The Bertz CT molecular complexity index is 554. The van der Waals surface area contributed by atoms with Gasteiger partial charge in [-0.25, -0.2) is 0 Å². The van der Waals surface area contributed by atoms with Crippen molar-refractivity contribution >= 4 is 5.97 Å². The molecule has 0 spiro atoms. The van der Waals surface area contributed by atoms with Crippen LogP contribution in [0.1, 0.15) is 43.9 Å². The maximum Gasteiger partial charge on any atom is 0.416 e. The molecule has 0 aromatic heterocycles. The Kier molecular flexibility index (Phi) is 5.91. The molecule has 0 bridgehead atoms. The Morgan fingerprint density at radius 1 is 1.29 bits per heavy atom. The number of nitrogens with zero attached hydrogens (tertiary/aromatic N) is 1. The fourth-order valence-electron chi connectivity index (χ4n) is 3.19. The van der Waals surface area contributed by atoms with Crippen molar-refractivity contribution in [2.75, 3.05) is 20.2 Å². The lowest BCUT2D eigenvalue weighted by molar-refractivity contribution is -0.150. The second kappa shape index (κ2) is 7.55. The molecule has 0 saturated carbocycles. The number of piperidine rings is 1. The molecule has 1 aliphatic heterocycles. The van der Waals surface area contributed by atoms with Crippen LogP contribution in [-0.4, -0.2) is 31.1 Å². The number of rotatable bonds is 4. The molecule has 6 heteroatoms. The molecule has 3 nitrogen and oxygen atoms in total. The fraction of sp³-hybridized carbons (Fsp3) is 0.611. The number of likely N-dealkylation sites (tertiary alicyclic amines) is 1. The molecule has 1 aromatic carbocycles. The van der Waals surface area contributed by atoms with Crippen molar-refractivity contribution < 1.29 is 22.7 Å². The van der Waals surface area contributed by atoms with Gasteiger partial charge >= 0.3 is 12.1 Å². The number of carbonyl (C=O) groups is 1. The van der Waals surface area contributed by atoms with Crippen molar-refractivity contribution in [1.82, 2.24) is 4.90 Å². The first-order valence-electron chi connectivity index (χ1n) is 8.24. The average Bonchev–Trinajstić information content (AvgIpc) is 2.51. The first-order chi connectivity index (χ1) is 11.2. The summed E-state index contributed by atoms with van der Waals surface area (Å²) >= 11 is 0. The summed E-state index contributed by atoms with van der Waals surface area (Å²) in [5.74, 6) is -0.339. The van der Waals surface area contributed by atoms with Crippen molar-refractivity contribution in [3.8, 4) is 0 Å². The van der Waals surface area contributed by atoms with Gasteiger partial charge in [-0.15, -0.1) is 0 Å². The summed E-state index contributed by atoms with van der Waals surface area (Å²) in [4.78, 5) is 13.8. The first-order valence-corrected chi connectivity index (χ1v) is 8.24. The van der Waals surface area contributed by atoms with Gasteiger partial charge in [0.05, 0.1) is 18.1 Å². The summed E-state index contributed by atoms with van der Waals surface area (Å²) in [6.07, 6.45) is -2.46. The number of halogens is 3. The number of carbonyl (C=O) groups excluding carboxylic acids is 1. The molecule has 0 radical (unpaired) electrons. The molecular weight excluding hydrogens is 319 g/mol. The number of alkyl halides is 3. The van der Waals surface area contributed by atoms with Gasteiger partial charge in [0.2, 0.25) is 0 Å². The zero-order valence-corrected chi connectivity index (χ0v) is 14.3. The first kappa shape index (κ1) is 18.8. The van der Waals surface area contributed by atoms with E-state index in [1.54, 1.807) is 13.8 Å². The Morgan fingerprint density at radius 2 is 1.92 bits per heavy atom. The molecule has 0 N–H and O–H groups in total. The predicted molar refractivity (Wildman–Crippen MR) is 85.3 cm³/mol. The van der Waals surface area contributed by atoms with Crippen molar-refractivity contribution in [1.29, 1.82) is 0 Å². The molecule has 0 aliphatic carbocycles. The highest BCUT2D eigenvalue weighted by Gasteiger charge is 2.34. The molecule has 2 atom stereocenters. The number of benzene rings is 1. The van der Waals surface area contributed by atoms with Gasteiger partial charge in [-0.05, 0) is 44.1 Å². The van der Waals surface area contributed by atoms with Crippen LogP contribution in [0.15, 0.2) is 24.3 Å². The lowest BCUT2D eigenvalue weighted by Gasteiger charge is -2.39. The van der Waals surface area contributed by atoms with Crippen LogP contribution in [-0.2, 0) is 15.7 Å². The molecule has 1 aromatic rings. The highest BCUT2D eigenvalue weighted by atomic mass is 19.4. The third-order valence-electron chi connectivity index (χ3n) is 4.50. The highest BCUT2D eigenvalue weighted by Crippen LogP contribution is 2.37. The van der Waals surface area contributed by atoms with Crippen LogP contribution >= 0.6 is 0 Å². The molecule has 0 amide bonds. The molecule has 1 aliphatic rings. The average molecular weight is 343 g/mol. The van der Waals surface area contributed by atoms with Gasteiger partial charge in [-0.1, -0.05) is 26.0 Å². The standard InChI is InChI=1S/C18H24F3NO2/c1-12(2)17(23)24-11-14-5-4-10-22(3)16(14)13-6-8-15(9-7-13)18(19,20)21/h6-9,12,14,16H,4-5,10-11H2,1-3H3/t14-,16-/m0/s1. The molecule has 24 heavy (non-hydrogen) atoms. The van der Waals surface area contributed by atoms with Gasteiger partial charge < -0.3 is 4.74 Å². The maximum absolute atomic E-state index is 12.7. The van der Waals surface area contributed by atoms with E-state index in [9.17, 15) is 18.0 Å².